The second-order valence-electron chi connectivity index (χ2n) is 6.97. The fraction of sp³-hybridized carbons (Fsp3) is 0.125. The molecule has 0 unspecified atom stereocenters. The molecule has 1 amide bonds. The number of nitrogens with one attached hydrogen (secondary N) is 1. The molecule has 1 N–H and O–H groups in total. The molecule has 2 heterocycles. The molecule has 0 bridgehead atoms. The molecule has 0 radical (unpaired) electrons. The summed E-state index contributed by atoms with van der Waals surface area (Å²) in [7, 11) is 0. The van der Waals surface area contributed by atoms with Gasteiger partial charge in [-0.3, -0.25) is 15.1 Å². The van der Waals surface area contributed by atoms with E-state index in [1.807, 2.05) is 30.3 Å². The van der Waals surface area contributed by atoms with Crippen LogP contribution in [0, 0.1) is 12.7 Å². The van der Waals surface area contributed by atoms with Crippen molar-refractivity contribution in [2.45, 2.75) is 19.8 Å². The summed E-state index contributed by atoms with van der Waals surface area (Å²) in [6.07, 6.45) is 4.20. The van der Waals surface area contributed by atoms with Gasteiger partial charge in [-0.05, 0) is 48.2 Å². The predicted molar refractivity (Wildman–Crippen MR) is 113 cm³/mol. The number of pyridine rings is 1. The van der Waals surface area contributed by atoms with Gasteiger partial charge in [-0.15, -0.1) is 0 Å². The van der Waals surface area contributed by atoms with Gasteiger partial charge >= 0.3 is 0 Å². The van der Waals surface area contributed by atoms with E-state index in [0.29, 0.717) is 35.2 Å². The summed E-state index contributed by atoms with van der Waals surface area (Å²) < 4.78 is 19.6. The van der Waals surface area contributed by atoms with Gasteiger partial charge in [0, 0.05) is 24.4 Å². The first-order chi connectivity index (χ1) is 14.6. The minimum absolute atomic E-state index is 0.188. The highest BCUT2D eigenvalue weighted by Crippen LogP contribution is 2.38. The van der Waals surface area contributed by atoms with E-state index in [4.69, 9.17) is 4.52 Å². The minimum Gasteiger partial charge on any atom is -0.337 e. The van der Waals surface area contributed by atoms with Crippen LogP contribution in [0.2, 0.25) is 0 Å². The van der Waals surface area contributed by atoms with Crippen LogP contribution >= 0.6 is 0 Å². The van der Waals surface area contributed by atoms with Gasteiger partial charge < -0.3 is 4.52 Å². The molecule has 0 saturated heterocycles. The van der Waals surface area contributed by atoms with Gasteiger partial charge in [0.15, 0.2) is 0 Å². The van der Waals surface area contributed by atoms with Crippen LogP contribution in [-0.4, -0.2) is 16.0 Å². The van der Waals surface area contributed by atoms with Gasteiger partial charge in [0.25, 0.3) is 0 Å². The van der Waals surface area contributed by atoms with E-state index in [0.717, 1.165) is 11.1 Å². The van der Waals surface area contributed by atoms with Crippen LogP contribution in [0.15, 0.2) is 77.6 Å². The van der Waals surface area contributed by atoms with E-state index in [1.54, 1.807) is 43.6 Å². The molecular weight excluding hydrogens is 381 g/mol. The first-order valence-corrected chi connectivity index (χ1v) is 9.62. The zero-order chi connectivity index (χ0) is 20.9. The summed E-state index contributed by atoms with van der Waals surface area (Å²) in [5, 5.41) is 6.94. The van der Waals surface area contributed by atoms with E-state index < -0.39 is 0 Å². The van der Waals surface area contributed by atoms with Gasteiger partial charge in [0.1, 0.15) is 11.5 Å². The molecule has 4 rings (SSSR count). The number of carbonyl (C=O) groups excluding carboxylic acids is 1. The van der Waals surface area contributed by atoms with Gasteiger partial charge in [0.2, 0.25) is 11.8 Å². The standard InChI is InChI=1S/C24H20FN3O2/c1-16-7-9-19(15-20(16)25)23-22(18-11-13-26-14-12-18)24(30-28-23)27-21(29)10-8-17-5-3-2-4-6-17/h2-7,9,11-15H,8,10H2,1H3,(H,27,29). The van der Waals surface area contributed by atoms with Crippen molar-refractivity contribution in [3.8, 4) is 22.4 Å². The third-order valence-corrected chi connectivity index (χ3v) is 4.84. The number of anilines is 1. The number of aryl methyl sites for hydroxylation is 2. The van der Waals surface area contributed by atoms with Crippen molar-refractivity contribution in [2.75, 3.05) is 5.32 Å². The largest absolute Gasteiger partial charge is 0.337 e. The Labute approximate surface area is 173 Å². The lowest BCUT2D eigenvalue weighted by Crippen LogP contribution is -2.12. The Morgan fingerprint density at radius 1 is 1.03 bits per heavy atom. The first-order valence-electron chi connectivity index (χ1n) is 9.62. The first kappa shape index (κ1) is 19.5. The SMILES string of the molecule is Cc1ccc(-c2noc(NC(=O)CCc3ccccc3)c2-c2ccncc2)cc1F. The molecule has 5 nitrogen and oxygen atoms in total. The van der Waals surface area contributed by atoms with Crippen molar-refractivity contribution in [3.05, 3.63) is 90.0 Å². The highest BCUT2D eigenvalue weighted by Gasteiger charge is 2.21. The number of amides is 1. The maximum Gasteiger partial charge on any atom is 0.239 e. The summed E-state index contributed by atoms with van der Waals surface area (Å²) in [6.45, 7) is 1.70. The molecule has 0 aliphatic rings. The van der Waals surface area contributed by atoms with Crippen molar-refractivity contribution in [1.29, 1.82) is 0 Å². The molecular formula is C24H20FN3O2. The van der Waals surface area contributed by atoms with Crippen LogP contribution in [0.25, 0.3) is 22.4 Å². The Bertz CT molecular complexity index is 1160. The second-order valence-corrected chi connectivity index (χ2v) is 6.97. The molecule has 30 heavy (non-hydrogen) atoms. The number of nitrogens with zero attached hydrogens (tertiary/aromatic N) is 2. The molecule has 0 spiro atoms. The quantitative estimate of drug-likeness (QED) is 0.468. The number of hydrogen-bond donors (Lipinski definition) is 1. The van der Waals surface area contributed by atoms with Crippen LogP contribution in [0.1, 0.15) is 17.5 Å². The second kappa shape index (κ2) is 8.69. The van der Waals surface area contributed by atoms with Crippen LogP contribution in [0.4, 0.5) is 10.3 Å². The van der Waals surface area contributed by atoms with E-state index in [2.05, 4.69) is 15.5 Å². The lowest BCUT2D eigenvalue weighted by atomic mass is 10.0. The lowest BCUT2D eigenvalue weighted by molar-refractivity contribution is -0.116. The van der Waals surface area contributed by atoms with Crippen molar-refractivity contribution >= 4 is 11.8 Å². The molecule has 0 atom stereocenters. The fourth-order valence-electron chi connectivity index (χ4n) is 3.19. The van der Waals surface area contributed by atoms with Gasteiger partial charge in [-0.1, -0.05) is 47.6 Å². The molecule has 0 saturated carbocycles. The van der Waals surface area contributed by atoms with E-state index in [9.17, 15) is 9.18 Å². The Hall–Kier alpha value is -3.80. The molecule has 0 aliphatic carbocycles. The normalized spacial score (nSPS) is 10.7. The number of hydrogen-bond acceptors (Lipinski definition) is 4. The summed E-state index contributed by atoms with van der Waals surface area (Å²) >= 11 is 0. The lowest BCUT2D eigenvalue weighted by Gasteiger charge is -2.07. The molecule has 6 heteroatoms. The smallest absolute Gasteiger partial charge is 0.239 e. The van der Waals surface area contributed by atoms with E-state index >= 15 is 0 Å². The Morgan fingerprint density at radius 2 is 1.80 bits per heavy atom. The molecule has 0 fully saturated rings. The summed E-state index contributed by atoms with van der Waals surface area (Å²) in [5.41, 5.74) is 4.00. The molecule has 4 aromatic rings. The third-order valence-electron chi connectivity index (χ3n) is 4.84. The molecule has 0 aliphatic heterocycles. The zero-order valence-electron chi connectivity index (χ0n) is 16.4. The Morgan fingerprint density at radius 3 is 2.53 bits per heavy atom. The highest BCUT2D eigenvalue weighted by molar-refractivity contribution is 5.97. The number of aromatic nitrogens is 2. The number of halogens is 1. The topological polar surface area (TPSA) is 68.0 Å². The summed E-state index contributed by atoms with van der Waals surface area (Å²) in [4.78, 5) is 16.6. The van der Waals surface area contributed by atoms with E-state index in [-0.39, 0.29) is 17.6 Å². The van der Waals surface area contributed by atoms with Crippen LogP contribution in [0.5, 0.6) is 0 Å². The summed E-state index contributed by atoms with van der Waals surface area (Å²) in [6, 6.07) is 18.3. The van der Waals surface area contributed by atoms with Crippen molar-refractivity contribution in [3.63, 3.8) is 0 Å². The molecule has 2 aromatic carbocycles. The van der Waals surface area contributed by atoms with Gasteiger partial charge in [-0.25, -0.2) is 4.39 Å². The third kappa shape index (κ3) is 4.27. The van der Waals surface area contributed by atoms with Crippen molar-refractivity contribution in [2.24, 2.45) is 0 Å². The molecule has 2 aromatic heterocycles. The average molecular weight is 401 g/mol. The Kier molecular flexibility index (Phi) is 5.66. The zero-order valence-corrected chi connectivity index (χ0v) is 16.4. The van der Waals surface area contributed by atoms with Crippen LogP contribution < -0.4 is 5.32 Å². The number of rotatable bonds is 6. The van der Waals surface area contributed by atoms with Gasteiger partial charge in [0.05, 0.1) is 5.56 Å². The minimum atomic E-state index is -0.329. The Balaban J connectivity index is 1.63. The highest BCUT2D eigenvalue weighted by atomic mass is 19.1. The van der Waals surface area contributed by atoms with E-state index in [1.165, 1.54) is 6.07 Å². The maximum absolute atomic E-state index is 14.1. The van der Waals surface area contributed by atoms with Crippen LogP contribution in [-0.2, 0) is 11.2 Å². The monoisotopic (exact) mass is 401 g/mol. The summed E-state index contributed by atoms with van der Waals surface area (Å²) in [5.74, 6) is -0.285. The average Bonchev–Trinajstić information content (AvgIpc) is 3.19. The van der Waals surface area contributed by atoms with Gasteiger partial charge in [-0.2, -0.15) is 0 Å². The number of benzene rings is 2. The number of carbonyl (C=O) groups is 1. The van der Waals surface area contributed by atoms with Crippen LogP contribution in [0.3, 0.4) is 0 Å². The molecule has 150 valence electrons. The fourth-order valence-corrected chi connectivity index (χ4v) is 3.19. The predicted octanol–water partition coefficient (Wildman–Crippen LogP) is 5.42. The maximum atomic E-state index is 14.1. The van der Waals surface area contributed by atoms with Crippen molar-refractivity contribution in [1.82, 2.24) is 10.1 Å². The van der Waals surface area contributed by atoms with Crippen molar-refractivity contribution < 1.29 is 13.7 Å².